The van der Waals surface area contributed by atoms with Crippen molar-refractivity contribution in [2.24, 2.45) is 5.73 Å². The van der Waals surface area contributed by atoms with Crippen LogP contribution in [0.2, 0.25) is 0 Å². The zero-order chi connectivity index (χ0) is 27.5. The largest absolute Gasteiger partial charge is 0.378 e. The Hall–Kier alpha value is -3.70. The summed E-state index contributed by atoms with van der Waals surface area (Å²) in [5, 5.41) is 0. The number of piperazine rings is 2. The summed E-state index contributed by atoms with van der Waals surface area (Å²) in [4.78, 5) is 20.0. The van der Waals surface area contributed by atoms with Crippen LogP contribution in [-0.4, -0.2) is 88.6 Å². The molecule has 0 spiro atoms. The average Bonchev–Trinajstić information content (AvgIpc) is 3.02. The summed E-state index contributed by atoms with van der Waals surface area (Å²) in [6.07, 6.45) is 0. The van der Waals surface area contributed by atoms with Crippen LogP contribution >= 0.6 is 0 Å². The first kappa shape index (κ1) is 26.5. The van der Waals surface area contributed by atoms with Gasteiger partial charge in [-0.1, -0.05) is 30.3 Å². The van der Waals surface area contributed by atoms with Gasteiger partial charge in [0.25, 0.3) is 0 Å². The Bertz CT molecular complexity index is 1300. The monoisotopic (exact) mass is 550 g/mol. The predicted molar refractivity (Wildman–Crippen MR) is 155 cm³/mol. The van der Waals surface area contributed by atoms with Gasteiger partial charge >= 0.3 is 0 Å². The van der Waals surface area contributed by atoms with E-state index in [2.05, 4.69) is 21.9 Å². The van der Waals surface area contributed by atoms with Crippen molar-refractivity contribution >= 4 is 29.0 Å². The number of hydrogen-bond donors (Lipinski definition) is 1. The topological polar surface area (TPSA) is 77.2 Å². The van der Waals surface area contributed by atoms with Gasteiger partial charge in [-0.3, -0.25) is 0 Å². The molecule has 3 aromatic rings. The summed E-state index contributed by atoms with van der Waals surface area (Å²) in [6.45, 7) is 7.95. The molecule has 6 rings (SSSR count). The van der Waals surface area contributed by atoms with Crippen LogP contribution in [0.4, 0.5) is 37.7 Å². The van der Waals surface area contributed by atoms with Gasteiger partial charge in [-0.15, -0.1) is 0 Å². The molecule has 212 valence electrons. The highest BCUT2D eigenvalue weighted by Crippen LogP contribution is 2.31. The number of anilines is 5. The van der Waals surface area contributed by atoms with Crippen LogP contribution in [0.5, 0.6) is 0 Å². The maximum absolute atomic E-state index is 16.1. The van der Waals surface area contributed by atoms with Gasteiger partial charge in [0.15, 0.2) is 11.6 Å². The molecule has 3 aliphatic rings. The molecule has 0 unspecified atom stereocenters. The number of hydrogen-bond acceptors (Lipinski definition) is 9. The Kier molecular flexibility index (Phi) is 7.83. The fourth-order valence-electron chi connectivity index (χ4n) is 5.75. The van der Waals surface area contributed by atoms with Crippen LogP contribution in [0.25, 0.3) is 0 Å². The SMILES string of the molecule is NCc1ccccc1N1CCN(c2nc(N3CCN(c4ccccc4F)CC3)nc(N3CCOCC3)c2F)CC1. The van der Waals surface area contributed by atoms with Gasteiger partial charge in [0.2, 0.25) is 11.8 Å². The minimum Gasteiger partial charge on any atom is -0.378 e. The third-order valence-corrected chi connectivity index (χ3v) is 8.00. The highest BCUT2D eigenvalue weighted by Gasteiger charge is 2.30. The van der Waals surface area contributed by atoms with Gasteiger partial charge in [0.05, 0.1) is 18.9 Å². The van der Waals surface area contributed by atoms with Crippen LogP contribution in [0.3, 0.4) is 0 Å². The molecule has 9 nitrogen and oxygen atoms in total. The molecule has 0 atom stereocenters. The van der Waals surface area contributed by atoms with E-state index in [0.29, 0.717) is 95.4 Å². The zero-order valence-corrected chi connectivity index (χ0v) is 22.7. The van der Waals surface area contributed by atoms with Gasteiger partial charge in [-0.05, 0) is 23.8 Å². The molecular weight excluding hydrogens is 514 g/mol. The maximum atomic E-state index is 16.1. The Balaban J connectivity index is 1.24. The second kappa shape index (κ2) is 11.8. The van der Waals surface area contributed by atoms with Gasteiger partial charge < -0.3 is 35.0 Å². The number of nitrogens with two attached hydrogens (primary N) is 1. The van der Waals surface area contributed by atoms with E-state index in [-0.39, 0.29) is 11.6 Å². The molecule has 40 heavy (non-hydrogen) atoms. The lowest BCUT2D eigenvalue weighted by atomic mass is 10.1. The minimum absolute atomic E-state index is 0.223. The van der Waals surface area contributed by atoms with Crippen molar-refractivity contribution in [2.45, 2.75) is 6.54 Å². The second-order valence-corrected chi connectivity index (χ2v) is 10.3. The summed E-state index contributed by atoms with van der Waals surface area (Å²) in [5.74, 6) is 0.582. The minimum atomic E-state index is -0.383. The lowest BCUT2D eigenvalue weighted by molar-refractivity contribution is 0.122. The Labute approximate surface area is 233 Å². The Morgan fingerprint density at radius 1 is 0.625 bits per heavy atom. The first-order valence-corrected chi connectivity index (χ1v) is 14.0. The quantitative estimate of drug-likeness (QED) is 0.499. The smallest absolute Gasteiger partial charge is 0.229 e. The highest BCUT2D eigenvalue weighted by atomic mass is 19.1. The molecule has 2 N–H and O–H groups in total. The summed E-state index contributed by atoms with van der Waals surface area (Å²) < 4.78 is 36.0. The number of aromatic nitrogens is 2. The van der Waals surface area contributed by atoms with Crippen LogP contribution in [0.1, 0.15) is 5.56 Å². The maximum Gasteiger partial charge on any atom is 0.229 e. The molecule has 0 radical (unpaired) electrons. The van der Waals surface area contributed by atoms with E-state index in [1.165, 1.54) is 6.07 Å². The number of morpholine rings is 1. The van der Waals surface area contributed by atoms with Gasteiger partial charge in [-0.2, -0.15) is 14.4 Å². The van der Waals surface area contributed by atoms with E-state index >= 15 is 4.39 Å². The molecule has 11 heteroatoms. The molecule has 2 aromatic carbocycles. The van der Waals surface area contributed by atoms with Gasteiger partial charge in [-0.25, -0.2) is 4.39 Å². The number of rotatable bonds is 6. The fraction of sp³-hybridized carbons (Fsp3) is 0.448. The van der Waals surface area contributed by atoms with E-state index in [1.807, 2.05) is 32.9 Å². The normalized spacial score (nSPS) is 18.4. The van der Waals surface area contributed by atoms with Crippen molar-refractivity contribution in [2.75, 3.05) is 103 Å². The summed E-state index contributed by atoms with van der Waals surface area (Å²) >= 11 is 0. The van der Waals surface area contributed by atoms with Crippen molar-refractivity contribution in [1.29, 1.82) is 0 Å². The molecule has 4 heterocycles. The van der Waals surface area contributed by atoms with Gasteiger partial charge in [0.1, 0.15) is 5.82 Å². The number of benzene rings is 2. The van der Waals surface area contributed by atoms with E-state index in [9.17, 15) is 4.39 Å². The number of halogens is 2. The number of ether oxygens (including phenoxy) is 1. The molecular formula is C29H36F2N8O. The lowest BCUT2D eigenvalue weighted by Crippen LogP contribution is -2.49. The molecule has 0 saturated carbocycles. The third kappa shape index (κ3) is 5.35. The fourth-order valence-corrected chi connectivity index (χ4v) is 5.75. The van der Waals surface area contributed by atoms with Crippen molar-refractivity contribution in [3.05, 3.63) is 65.7 Å². The van der Waals surface area contributed by atoms with E-state index in [0.717, 1.165) is 24.3 Å². The zero-order valence-electron chi connectivity index (χ0n) is 22.7. The molecule has 0 amide bonds. The van der Waals surface area contributed by atoms with E-state index in [1.54, 1.807) is 12.1 Å². The predicted octanol–water partition coefficient (Wildman–Crippen LogP) is 2.70. The van der Waals surface area contributed by atoms with Gasteiger partial charge in [0, 0.05) is 77.7 Å². The first-order valence-electron chi connectivity index (χ1n) is 14.0. The second-order valence-electron chi connectivity index (χ2n) is 10.3. The van der Waals surface area contributed by atoms with Crippen molar-refractivity contribution in [3.8, 4) is 0 Å². The molecule has 3 fully saturated rings. The van der Waals surface area contributed by atoms with Crippen LogP contribution < -0.4 is 30.2 Å². The van der Waals surface area contributed by atoms with E-state index < -0.39 is 0 Å². The standard InChI is InChI=1S/C29H36F2N8O/c30-23-6-2-4-8-25(23)36-11-15-39(16-12-36)29-33-27(26(31)28(34-29)38-17-19-40-20-18-38)37-13-9-35(10-14-37)24-7-3-1-5-22(24)21-32/h1-8H,9-21,32H2. The Morgan fingerprint density at radius 2 is 1.12 bits per heavy atom. The lowest BCUT2D eigenvalue weighted by Gasteiger charge is -2.39. The summed E-state index contributed by atoms with van der Waals surface area (Å²) in [6, 6.07) is 15.0. The molecule has 0 aliphatic carbocycles. The third-order valence-electron chi connectivity index (χ3n) is 8.00. The molecule has 1 aromatic heterocycles. The molecule has 0 bridgehead atoms. The number of nitrogens with zero attached hydrogens (tertiary/aromatic N) is 7. The molecule has 3 saturated heterocycles. The van der Waals surface area contributed by atoms with Crippen molar-refractivity contribution in [1.82, 2.24) is 9.97 Å². The average molecular weight is 551 g/mol. The van der Waals surface area contributed by atoms with Crippen molar-refractivity contribution in [3.63, 3.8) is 0 Å². The summed E-state index contributed by atoms with van der Waals surface area (Å²) in [5.41, 5.74) is 8.82. The Morgan fingerprint density at radius 3 is 1.75 bits per heavy atom. The van der Waals surface area contributed by atoms with E-state index in [4.69, 9.17) is 20.4 Å². The summed E-state index contributed by atoms with van der Waals surface area (Å²) in [7, 11) is 0. The van der Waals surface area contributed by atoms with Crippen LogP contribution in [-0.2, 0) is 11.3 Å². The highest BCUT2D eigenvalue weighted by molar-refractivity contribution is 5.60. The van der Waals surface area contributed by atoms with Crippen molar-refractivity contribution < 1.29 is 13.5 Å². The molecule has 3 aliphatic heterocycles. The van der Waals surface area contributed by atoms with Crippen LogP contribution in [0.15, 0.2) is 48.5 Å². The first-order chi connectivity index (χ1) is 19.6. The number of para-hydroxylation sites is 2. The van der Waals surface area contributed by atoms with Crippen LogP contribution in [0, 0.1) is 11.6 Å².